The molecule has 0 radical (unpaired) electrons. The van der Waals surface area contributed by atoms with Gasteiger partial charge in [-0.1, -0.05) is 5.57 Å². The zero-order valence-electron chi connectivity index (χ0n) is 10.1. The van der Waals surface area contributed by atoms with E-state index >= 15 is 0 Å². The van der Waals surface area contributed by atoms with Crippen LogP contribution in [0.3, 0.4) is 0 Å². The molecule has 1 aliphatic heterocycles. The molecule has 2 heterocycles. The Morgan fingerprint density at radius 1 is 1.26 bits per heavy atom. The minimum atomic E-state index is -4.37. The SMILES string of the molecule is N#CC=C1CCN(c2cncc(C(F)(F)F)c2)CC1. The van der Waals surface area contributed by atoms with Gasteiger partial charge in [-0.25, -0.2) is 0 Å². The molecule has 1 fully saturated rings. The molecular weight excluding hydrogens is 255 g/mol. The Hall–Kier alpha value is -2.03. The third-order valence-electron chi connectivity index (χ3n) is 3.09. The van der Waals surface area contributed by atoms with E-state index in [0.717, 1.165) is 17.8 Å². The van der Waals surface area contributed by atoms with Crippen molar-refractivity contribution in [2.75, 3.05) is 18.0 Å². The fourth-order valence-electron chi connectivity index (χ4n) is 2.04. The summed E-state index contributed by atoms with van der Waals surface area (Å²) in [7, 11) is 0. The summed E-state index contributed by atoms with van der Waals surface area (Å²) in [4.78, 5) is 5.51. The van der Waals surface area contributed by atoms with Crippen LogP contribution in [0.25, 0.3) is 0 Å². The third kappa shape index (κ3) is 3.25. The monoisotopic (exact) mass is 267 g/mol. The molecule has 1 saturated heterocycles. The smallest absolute Gasteiger partial charge is 0.370 e. The van der Waals surface area contributed by atoms with Crippen LogP contribution in [-0.4, -0.2) is 18.1 Å². The number of piperidine rings is 1. The molecule has 1 aromatic heterocycles. The standard InChI is InChI=1S/C13H12F3N3/c14-13(15,16)11-7-12(9-18-8-11)19-5-2-10(1-4-17)3-6-19/h1,7-9H,2-3,5-6H2. The zero-order chi connectivity index (χ0) is 13.9. The molecule has 0 amide bonds. The summed E-state index contributed by atoms with van der Waals surface area (Å²) in [6, 6.07) is 3.10. The highest BCUT2D eigenvalue weighted by molar-refractivity contribution is 5.48. The Labute approximate surface area is 109 Å². The quantitative estimate of drug-likeness (QED) is 0.734. The summed E-state index contributed by atoms with van der Waals surface area (Å²) in [5, 5.41) is 8.55. The van der Waals surface area contributed by atoms with E-state index in [1.165, 1.54) is 12.3 Å². The lowest BCUT2D eigenvalue weighted by Gasteiger charge is -2.30. The second-order valence-electron chi connectivity index (χ2n) is 4.35. The molecular formula is C13H12F3N3. The topological polar surface area (TPSA) is 39.9 Å². The van der Waals surface area contributed by atoms with Crippen LogP contribution in [0.4, 0.5) is 18.9 Å². The lowest BCUT2D eigenvalue weighted by molar-refractivity contribution is -0.137. The predicted molar refractivity (Wildman–Crippen MR) is 64.4 cm³/mol. The van der Waals surface area contributed by atoms with Crippen LogP contribution >= 0.6 is 0 Å². The number of hydrogen-bond donors (Lipinski definition) is 0. The Bertz CT molecular complexity index is 519. The fourth-order valence-corrected chi connectivity index (χ4v) is 2.04. The number of halogens is 3. The van der Waals surface area contributed by atoms with E-state index in [0.29, 0.717) is 31.6 Å². The van der Waals surface area contributed by atoms with Crippen molar-refractivity contribution in [3.63, 3.8) is 0 Å². The van der Waals surface area contributed by atoms with Gasteiger partial charge in [0.15, 0.2) is 0 Å². The second kappa shape index (κ2) is 5.31. The van der Waals surface area contributed by atoms with E-state index in [2.05, 4.69) is 4.98 Å². The number of alkyl halides is 3. The highest BCUT2D eigenvalue weighted by Crippen LogP contribution is 2.31. The van der Waals surface area contributed by atoms with Gasteiger partial charge in [0, 0.05) is 25.4 Å². The van der Waals surface area contributed by atoms with Gasteiger partial charge in [0.2, 0.25) is 0 Å². The van der Waals surface area contributed by atoms with Crippen LogP contribution < -0.4 is 4.90 Å². The van der Waals surface area contributed by atoms with Gasteiger partial charge in [0.1, 0.15) is 0 Å². The van der Waals surface area contributed by atoms with Crippen molar-refractivity contribution in [2.24, 2.45) is 0 Å². The van der Waals surface area contributed by atoms with Crippen molar-refractivity contribution in [2.45, 2.75) is 19.0 Å². The number of aromatic nitrogens is 1. The molecule has 100 valence electrons. The largest absolute Gasteiger partial charge is 0.417 e. The fraction of sp³-hybridized carbons (Fsp3) is 0.385. The summed E-state index contributed by atoms with van der Waals surface area (Å²) >= 11 is 0. The van der Waals surface area contributed by atoms with Gasteiger partial charge in [0.25, 0.3) is 0 Å². The summed E-state index contributed by atoms with van der Waals surface area (Å²) in [5.41, 5.74) is 0.785. The first-order valence-corrected chi connectivity index (χ1v) is 5.85. The maximum absolute atomic E-state index is 12.6. The lowest BCUT2D eigenvalue weighted by atomic mass is 10.0. The Kier molecular flexibility index (Phi) is 3.74. The van der Waals surface area contributed by atoms with Crippen LogP contribution in [-0.2, 0) is 6.18 Å². The molecule has 0 aromatic carbocycles. The van der Waals surface area contributed by atoms with Crippen LogP contribution in [0.5, 0.6) is 0 Å². The first kappa shape index (κ1) is 13.4. The van der Waals surface area contributed by atoms with Crippen molar-refractivity contribution in [1.82, 2.24) is 4.98 Å². The molecule has 0 unspecified atom stereocenters. The molecule has 0 aliphatic carbocycles. The summed E-state index contributed by atoms with van der Waals surface area (Å²) in [6.45, 7) is 1.22. The van der Waals surface area contributed by atoms with E-state index in [1.54, 1.807) is 0 Å². The highest BCUT2D eigenvalue weighted by Gasteiger charge is 2.31. The number of rotatable bonds is 1. The van der Waals surface area contributed by atoms with E-state index in [1.807, 2.05) is 11.0 Å². The Balaban J connectivity index is 2.12. The van der Waals surface area contributed by atoms with Gasteiger partial charge in [-0.2, -0.15) is 18.4 Å². The van der Waals surface area contributed by atoms with Crippen molar-refractivity contribution in [3.05, 3.63) is 35.7 Å². The molecule has 0 saturated carbocycles. The van der Waals surface area contributed by atoms with Crippen molar-refractivity contribution < 1.29 is 13.2 Å². The molecule has 0 spiro atoms. The summed E-state index contributed by atoms with van der Waals surface area (Å²) in [5.74, 6) is 0. The highest BCUT2D eigenvalue weighted by atomic mass is 19.4. The lowest BCUT2D eigenvalue weighted by Crippen LogP contribution is -2.30. The van der Waals surface area contributed by atoms with E-state index in [9.17, 15) is 13.2 Å². The number of nitriles is 1. The Morgan fingerprint density at radius 3 is 2.53 bits per heavy atom. The third-order valence-corrected chi connectivity index (χ3v) is 3.09. The number of nitrogens with zero attached hydrogens (tertiary/aromatic N) is 3. The predicted octanol–water partition coefficient (Wildman–Crippen LogP) is 3.15. The number of allylic oxidation sites excluding steroid dienone is 1. The molecule has 19 heavy (non-hydrogen) atoms. The minimum absolute atomic E-state index is 0.478. The average molecular weight is 267 g/mol. The van der Waals surface area contributed by atoms with E-state index in [4.69, 9.17) is 5.26 Å². The molecule has 0 bridgehead atoms. The van der Waals surface area contributed by atoms with Gasteiger partial charge >= 0.3 is 6.18 Å². The zero-order valence-corrected chi connectivity index (χ0v) is 10.1. The first-order valence-electron chi connectivity index (χ1n) is 5.85. The molecule has 0 atom stereocenters. The maximum atomic E-state index is 12.6. The second-order valence-corrected chi connectivity index (χ2v) is 4.35. The van der Waals surface area contributed by atoms with Gasteiger partial charge in [0.05, 0.1) is 23.5 Å². The number of pyridine rings is 1. The summed E-state index contributed by atoms with van der Waals surface area (Å²) < 4.78 is 37.8. The normalized spacial score (nSPS) is 16.1. The minimum Gasteiger partial charge on any atom is -0.370 e. The van der Waals surface area contributed by atoms with E-state index in [-0.39, 0.29) is 0 Å². The van der Waals surface area contributed by atoms with Gasteiger partial charge in [-0.15, -0.1) is 0 Å². The molecule has 6 heteroatoms. The molecule has 2 rings (SSSR count). The molecule has 1 aliphatic rings. The van der Waals surface area contributed by atoms with Crippen LogP contribution in [0, 0.1) is 11.3 Å². The van der Waals surface area contributed by atoms with Crippen LogP contribution in [0.15, 0.2) is 30.1 Å². The summed E-state index contributed by atoms with van der Waals surface area (Å²) in [6.07, 6.45) is 0.808. The van der Waals surface area contributed by atoms with Crippen molar-refractivity contribution in [3.8, 4) is 6.07 Å². The molecule has 0 N–H and O–H groups in total. The van der Waals surface area contributed by atoms with Crippen molar-refractivity contribution in [1.29, 1.82) is 5.26 Å². The average Bonchev–Trinajstić information content (AvgIpc) is 2.39. The first-order chi connectivity index (χ1) is 9.00. The number of hydrogen-bond acceptors (Lipinski definition) is 3. The number of anilines is 1. The van der Waals surface area contributed by atoms with Crippen molar-refractivity contribution >= 4 is 5.69 Å². The molecule has 1 aromatic rings. The van der Waals surface area contributed by atoms with Gasteiger partial charge in [-0.3, -0.25) is 4.98 Å². The molecule has 3 nitrogen and oxygen atoms in total. The van der Waals surface area contributed by atoms with Gasteiger partial charge < -0.3 is 4.90 Å². The van der Waals surface area contributed by atoms with Gasteiger partial charge in [-0.05, 0) is 18.9 Å². The maximum Gasteiger partial charge on any atom is 0.417 e. The van der Waals surface area contributed by atoms with Crippen LogP contribution in [0.2, 0.25) is 0 Å². The Morgan fingerprint density at radius 2 is 1.95 bits per heavy atom. The van der Waals surface area contributed by atoms with E-state index < -0.39 is 11.7 Å². The van der Waals surface area contributed by atoms with Crippen LogP contribution in [0.1, 0.15) is 18.4 Å².